The van der Waals surface area contributed by atoms with Crippen molar-refractivity contribution < 1.29 is 23.0 Å². The third-order valence-corrected chi connectivity index (χ3v) is 3.60. The maximum absolute atomic E-state index is 13.2. The van der Waals surface area contributed by atoms with Crippen molar-refractivity contribution in [2.24, 2.45) is 0 Å². The Hall–Kier alpha value is -3.41. The van der Waals surface area contributed by atoms with Crippen LogP contribution in [0.1, 0.15) is 5.56 Å². The molecule has 1 amide bonds. The maximum atomic E-state index is 13.2. The van der Waals surface area contributed by atoms with Crippen LogP contribution in [0.15, 0.2) is 72.8 Å². The van der Waals surface area contributed by atoms with Crippen LogP contribution in [0.3, 0.4) is 0 Å². The number of carbonyl (C=O) groups excluding carboxylic acids is 1. The van der Waals surface area contributed by atoms with E-state index < -0.39 is 0 Å². The number of hydrogen-bond acceptors (Lipinski definition) is 3. The third kappa shape index (κ3) is 5.81. The topological polar surface area (TPSA) is 47.6 Å². The molecule has 0 aliphatic rings. The molecule has 0 unspecified atom stereocenters. The van der Waals surface area contributed by atoms with Crippen molar-refractivity contribution in [3.63, 3.8) is 0 Å². The van der Waals surface area contributed by atoms with Crippen LogP contribution in [-0.4, -0.2) is 12.5 Å². The van der Waals surface area contributed by atoms with Crippen molar-refractivity contribution in [3.8, 4) is 11.5 Å². The summed E-state index contributed by atoms with van der Waals surface area (Å²) in [5.74, 6) is -0.248. The molecule has 0 spiro atoms. The summed E-state index contributed by atoms with van der Waals surface area (Å²) in [5.41, 5.74) is 1.40. The summed E-state index contributed by atoms with van der Waals surface area (Å²) in [6.45, 7) is 0.0366. The molecule has 0 bridgehead atoms. The number of rotatable bonds is 7. The average Bonchev–Trinajstić information content (AvgIpc) is 2.66. The van der Waals surface area contributed by atoms with Gasteiger partial charge in [0.15, 0.2) is 6.61 Å². The zero-order chi connectivity index (χ0) is 19.1. The molecule has 6 heteroatoms. The van der Waals surface area contributed by atoms with E-state index in [-0.39, 0.29) is 30.8 Å². The number of nitrogens with one attached hydrogen (secondary N) is 1. The summed E-state index contributed by atoms with van der Waals surface area (Å²) < 4.78 is 36.8. The van der Waals surface area contributed by atoms with E-state index in [1.807, 2.05) is 6.07 Å². The SMILES string of the molecule is O=C(COc1ccc(F)cc1)Nc1cccc(COc2cccc(F)c2)c1. The van der Waals surface area contributed by atoms with Crippen molar-refractivity contribution in [1.82, 2.24) is 0 Å². The molecule has 3 aromatic rings. The normalized spacial score (nSPS) is 10.3. The Morgan fingerprint density at radius 1 is 0.815 bits per heavy atom. The molecular formula is C21H17F2NO3. The Kier molecular flexibility index (Phi) is 5.99. The first kappa shape index (κ1) is 18.4. The van der Waals surface area contributed by atoms with E-state index in [4.69, 9.17) is 9.47 Å². The summed E-state index contributed by atoms with van der Waals surface area (Å²) in [6.07, 6.45) is 0. The van der Waals surface area contributed by atoms with Gasteiger partial charge in [0, 0.05) is 11.8 Å². The van der Waals surface area contributed by atoms with Gasteiger partial charge in [0.25, 0.3) is 5.91 Å². The van der Waals surface area contributed by atoms with E-state index in [2.05, 4.69) is 5.32 Å². The lowest BCUT2D eigenvalue weighted by Gasteiger charge is -2.10. The first-order chi connectivity index (χ1) is 13.1. The molecule has 0 saturated heterocycles. The highest BCUT2D eigenvalue weighted by molar-refractivity contribution is 5.91. The van der Waals surface area contributed by atoms with Crippen LogP contribution in [0.4, 0.5) is 14.5 Å². The summed E-state index contributed by atoms with van der Waals surface area (Å²) in [5, 5.41) is 2.72. The van der Waals surface area contributed by atoms with Crippen molar-refractivity contribution in [3.05, 3.63) is 90.0 Å². The molecule has 0 fully saturated rings. The summed E-state index contributed by atoms with van der Waals surface area (Å²) in [7, 11) is 0. The minimum atomic E-state index is -0.371. The second-order valence-corrected chi connectivity index (χ2v) is 5.74. The smallest absolute Gasteiger partial charge is 0.262 e. The molecule has 4 nitrogen and oxygen atoms in total. The van der Waals surface area contributed by atoms with Gasteiger partial charge in [0.05, 0.1) is 0 Å². The molecule has 0 aliphatic carbocycles. The van der Waals surface area contributed by atoms with Gasteiger partial charge in [0.1, 0.15) is 29.7 Å². The molecule has 0 radical (unpaired) electrons. The predicted octanol–water partition coefficient (Wildman–Crippen LogP) is 4.56. The van der Waals surface area contributed by atoms with Gasteiger partial charge in [0.2, 0.25) is 0 Å². The first-order valence-corrected chi connectivity index (χ1v) is 8.24. The predicted molar refractivity (Wildman–Crippen MR) is 97.7 cm³/mol. The summed E-state index contributed by atoms with van der Waals surface area (Å²) >= 11 is 0. The Bertz CT molecular complexity index is 913. The highest BCUT2D eigenvalue weighted by Gasteiger charge is 2.05. The molecule has 0 aliphatic heterocycles. The number of halogens is 2. The molecule has 0 aromatic heterocycles. The van der Waals surface area contributed by atoms with Crippen molar-refractivity contribution in [1.29, 1.82) is 0 Å². The number of anilines is 1. The molecule has 0 atom stereocenters. The minimum Gasteiger partial charge on any atom is -0.489 e. The van der Waals surface area contributed by atoms with Gasteiger partial charge in [-0.3, -0.25) is 4.79 Å². The molecule has 0 heterocycles. The Labute approximate surface area is 155 Å². The second-order valence-electron chi connectivity index (χ2n) is 5.74. The standard InChI is InChI=1S/C21H17F2NO3/c22-16-7-9-19(10-8-16)27-14-21(25)24-18-5-1-3-15(11-18)13-26-20-6-2-4-17(23)12-20/h1-12H,13-14H2,(H,24,25). The number of benzene rings is 3. The van der Waals surface area contributed by atoms with Gasteiger partial charge in [-0.2, -0.15) is 0 Å². The van der Waals surface area contributed by atoms with E-state index in [0.29, 0.717) is 17.2 Å². The Morgan fingerprint density at radius 3 is 2.37 bits per heavy atom. The molecule has 3 rings (SSSR count). The van der Waals surface area contributed by atoms with Gasteiger partial charge in [-0.15, -0.1) is 0 Å². The van der Waals surface area contributed by atoms with Gasteiger partial charge in [-0.05, 0) is 54.1 Å². The molecule has 3 aromatic carbocycles. The van der Waals surface area contributed by atoms with Crippen LogP contribution in [0.2, 0.25) is 0 Å². The van der Waals surface area contributed by atoms with Crippen LogP contribution in [0, 0.1) is 11.6 Å². The Morgan fingerprint density at radius 2 is 1.59 bits per heavy atom. The van der Waals surface area contributed by atoms with E-state index >= 15 is 0 Å². The lowest BCUT2D eigenvalue weighted by Crippen LogP contribution is -2.20. The molecule has 27 heavy (non-hydrogen) atoms. The zero-order valence-electron chi connectivity index (χ0n) is 14.3. The maximum Gasteiger partial charge on any atom is 0.262 e. The summed E-state index contributed by atoms with van der Waals surface area (Å²) in [6, 6.07) is 18.4. The molecule has 1 N–H and O–H groups in total. The lowest BCUT2D eigenvalue weighted by atomic mass is 10.2. The fourth-order valence-corrected chi connectivity index (χ4v) is 2.34. The fourth-order valence-electron chi connectivity index (χ4n) is 2.34. The van der Waals surface area contributed by atoms with Crippen LogP contribution in [0.25, 0.3) is 0 Å². The van der Waals surface area contributed by atoms with Crippen molar-refractivity contribution in [2.75, 3.05) is 11.9 Å². The average molecular weight is 369 g/mol. The number of hydrogen-bond donors (Lipinski definition) is 1. The molecule has 138 valence electrons. The number of amides is 1. The van der Waals surface area contributed by atoms with Crippen LogP contribution >= 0.6 is 0 Å². The molecule has 0 saturated carbocycles. The largest absolute Gasteiger partial charge is 0.489 e. The number of ether oxygens (including phenoxy) is 2. The van der Waals surface area contributed by atoms with Gasteiger partial charge in [-0.1, -0.05) is 18.2 Å². The van der Waals surface area contributed by atoms with Crippen molar-refractivity contribution in [2.45, 2.75) is 6.61 Å². The highest BCUT2D eigenvalue weighted by Crippen LogP contribution is 2.17. The van der Waals surface area contributed by atoms with E-state index in [1.165, 1.54) is 36.4 Å². The minimum absolute atomic E-state index is 0.199. The van der Waals surface area contributed by atoms with E-state index in [9.17, 15) is 13.6 Å². The highest BCUT2D eigenvalue weighted by atomic mass is 19.1. The third-order valence-electron chi connectivity index (χ3n) is 3.60. The quantitative estimate of drug-likeness (QED) is 0.664. The fraction of sp³-hybridized carbons (Fsp3) is 0.0952. The van der Waals surface area contributed by atoms with E-state index in [1.54, 1.807) is 30.3 Å². The van der Waals surface area contributed by atoms with Crippen LogP contribution in [0.5, 0.6) is 11.5 Å². The van der Waals surface area contributed by atoms with Crippen molar-refractivity contribution >= 4 is 11.6 Å². The van der Waals surface area contributed by atoms with Gasteiger partial charge in [-0.25, -0.2) is 8.78 Å². The zero-order valence-corrected chi connectivity index (χ0v) is 14.3. The van der Waals surface area contributed by atoms with Gasteiger partial charge >= 0.3 is 0 Å². The van der Waals surface area contributed by atoms with Gasteiger partial charge < -0.3 is 14.8 Å². The van der Waals surface area contributed by atoms with Crippen LogP contribution in [-0.2, 0) is 11.4 Å². The lowest BCUT2D eigenvalue weighted by molar-refractivity contribution is -0.118. The number of carbonyl (C=O) groups is 1. The van der Waals surface area contributed by atoms with E-state index in [0.717, 1.165) is 5.56 Å². The summed E-state index contributed by atoms with van der Waals surface area (Å²) in [4.78, 5) is 12.0. The second kappa shape index (κ2) is 8.80. The molecular weight excluding hydrogens is 352 g/mol. The first-order valence-electron chi connectivity index (χ1n) is 8.24. The van der Waals surface area contributed by atoms with Crippen LogP contribution < -0.4 is 14.8 Å². The monoisotopic (exact) mass is 369 g/mol. The Balaban J connectivity index is 1.52.